The number of carbonyl (C=O) groups is 1. The second-order valence-electron chi connectivity index (χ2n) is 8.60. The van der Waals surface area contributed by atoms with Crippen LogP contribution in [0.3, 0.4) is 0 Å². The number of carbonyl (C=O) groups excluding carboxylic acids is 1. The Kier molecular flexibility index (Phi) is 4.43. The third-order valence-electron chi connectivity index (χ3n) is 7.01. The number of hydrogen-bond acceptors (Lipinski definition) is 3. The van der Waals surface area contributed by atoms with Gasteiger partial charge in [-0.05, 0) is 43.4 Å². The van der Waals surface area contributed by atoms with Gasteiger partial charge in [0.1, 0.15) is 5.82 Å². The maximum Gasteiger partial charge on any atom is 0.219 e. The second kappa shape index (κ2) is 6.93. The van der Waals surface area contributed by atoms with Gasteiger partial charge in [0.05, 0.1) is 11.0 Å². The van der Waals surface area contributed by atoms with Crippen LogP contribution in [-0.2, 0) is 17.8 Å². The van der Waals surface area contributed by atoms with E-state index in [1.54, 1.807) is 6.92 Å². The first-order valence-corrected chi connectivity index (χ1v) is 10.7. The summed E-state index contributed by atoms with van der Waals surface area (Å²) in [6, 6.07) is 7.66. The number of piperidine rings is 1. The van der Waals surface area contributed by atoms with E-state index in [1.807, 2.05) is 4.90 Å². The van der Waals surface area contributed by atoms with Crippen LogP contribution in [0.25, 0.3) is 11.0 Å². The van der Waals surface area contributed by atoms with Crippen molar-refractivity contribution < 1.29 is 4.79 Å². The van der Waals surface area contributed by atoms with Crippen molar-refractivity contribution in [2.45, 2.75) is 64.0 Å². The van der Waals surface area contributed by atoms with E-state index < -0.39 is 0 Å². The van der Waals surface area contributed by atoms with E-state index in [0.717, 1.165) is 57.1 Å². The zero-order valence-electron chi connectivity index (χ0n) is 16.4. The second-order valence-corrected chi connectivity index (χ2v) is 8.60. The van der Waals surface area contributed by atoms with Gasteiger partial charge in [-0.25, -0.2) is 4.98 Å². The summed E-state index contributed by atoms with van der Waals surface area (Å²) in [6.07, 6.45) is 7.48. The number of aromatic nitrogens is 2. The van der Waals surface area contributed by atoms with Gasteiger partial charge < -0.3 is 9.47 Å². The molecule has 1 aromatic carbocycles. The summed E-state index contributed by atoms with van der Waals surface area (Å²) in [5.41, 5.74) is 3.76. The average molecular weight is 367 g/mol. The molecule has 27 heavy (non-hydrogen) atoms. The molecule has 1 aromatic heterocycles. The molecular weight excluding hydrogens is 336 g/mol. The van der Waals surface area contributed by atoms with Crippen molar-refractivity contribution in [3.05, 3.63) is 29.6 Å². The highest BCUT2D eigenvalue weighted by molar-refractivity contribution is 5.77. The highest BCUT2D eigenvalue weighted by atomic mass is 16.2. The fourth-order valence-electron chi connectivity index (χ4n) is 5.13. The molecular formula is C22H30N4O. The van der Waals surface area contributed by atoms with E-state index in [1.165, 1.54) is 42.6 Å². The van der Waals surface area contributed by atoms with Crippen LogP contribution in [0, 0.1) is 0 Å². The molecule has 1 amide bonds. The molecule has 1 aliphatic carbocycles. The maximum absolute atomic E-state index is 11.8. The molecule has 0 radical (unpaired) electrons. The minimum atomic E-state index is 0.200. The molecule has 1 unspecified atom stereocenters. The third kappa shape index (κ3) is 3.16. The van der Waals surface area contributed by atoms with E-state index in [-0.39, 0.29) is 5.91 Å². The van der Waals surface area contributed by atoms with Crippen LogP contribution in [0.5, 0.6) is 0 Å². The minimum Gasteiger partial charge on any atom is -0.342 e. The summed E-state index contributed by atoms with van der Waals surface area (Å²) in [5.74, 6) is 1.89. The summed E-state index contributed by atoms with van der Waals surface area (Å²) in [5, 5.41) is 0. The van der Waals surface area contributed by atoms with Gasteiger partial charge in [0.15, 0.2) is 0 Å². The van der Waals surface area contributed by atoms with Crippen LogP contribution in [0.4, 0.5) is 0 Å². The van der Waals surface area contributed by atoms with Gasteiger partial charge in [0.25, 0.3) is 0 Å². The largest absolute Gasteiger partial charge is 0.342 e. The Morgan fingerprint density at radius 1 is 1.07 bits per heavy atom. The van der Waals surface area contributed by atoms with Crippen molar-refractivity contribution in [1.29, 1.82) is 0 Å². The summed E-state index contributed by atoms with van der Waals surface area (Å²) in [4.78, 5) is 21.4. The number of nitrogens with zero attached hydrogens (tertiary/aromatic N) is 4. The molecule has 3 heterocycles. The molecule has 5 rings (SSSR count). The van der Waals surface area contributed by atoms with E-state index in [9.17, 15) is 4.79 Å². The highest BCUT2D eigenvalue weighted by Gasteiger charge is 2.28. The van der Waals surface area contributed by atoms with Crippen LogP contribution in [0.2, 0.25) is 0 Å². The Balaban J connectivity index is 1.38. The van der Waals surface area contributed by atoms with Gasteiger partial charge in [0, 0.05) is 58.0 Å². The van der Waals surface area contributed by atoms with Crippen LogP contribution < -0.4 is 0 Å². The fraction of sp³-hybridized carbons (Fsp3) is 0.636. The third-order valence-corrected chi connectivity index (χ3v) is 7.01. The Hall–Kier alpha value is -1.88. The number of benzene rings is 1. The van der Waals surface area contributed by atoms with Crippen molar-refractivity contribution >= 4 is 16.9 Å². The number of likely N-dealkylation sites (tertiary alicyclic amines) is 1. The molecule has 3 aliphatic rings. The van der Waals surface area contributed by atoms with E-state index in [4.69, 9.17) is 4.98 Å². The lowest BCUT2D eigenvalue weighted by Gasteiger charge is -2.36. The zero-order valence-corrected chi connectivity index (χ0v) is 16.4. The summed E-state index contributed by atoms with van der Waals surface area (Å²) in [7, 11) is 0. The predicted molar refractivity (Wildman–Crippen MR) is 107 cm³/mol. The van der Waals surface area contributed by atoms with Gasteiger partial charge in [0.2, 0.25) is 5.91 Å². The lowest BCUT2D eigenvalue weighted by molar-refractivity contribution is -0.130. The fourth-order valence-corrected chi connectivity index (χ4v) is 5.13. The molecule has 0 spiro atoms. The first-order valence-electron chi connectivity index (χ1n) is 10.7. The molecule has 5 heteroatoms. The van der Waals surface area contributed by atoms with Gasteiger partial charge in [-0.1, -0.05) is 12.5 Å². The van der Waals surface area contributed by atoms with Gasteiger partial charge in [-0.3, -0.25) is 9.69 Å². The van der Waals surface area contributed by atoms with Crippen molar-refractivity contribution in [2.75, 3.05) is 26.2 Å². The van der Waals surface area contributed by atoms with Crippen LogP contribution in [-0.4, -0.2) is 57.5 Å². The molecule has 5 nitrogen and oxygen atoms in total. The van der Waals surface area contributed by atoms with Crippen molar-refractivity contribution in [3.63, 3.8) is 0 Å². The van der Waals surface area contributed by atoms with Crippen LogP contribution >= 0.6 is 0 Å². The van der Waals surface area contributed by atoms with Crippen molar-refractivity contribution in [3.8, 4) is 0 Å². The zero-order chi connectivity index (χ0) is 18.4. The van der Waals surface area contributed by atoms with Crippen molar-refractivity contribution in [2.24, 2.45) is 0 Å². The SMILES string of the molecule is CC(=O)N1CCCC(c2ccc3c(c2)nc2n3CCN(C3CCC3)CC2)C1. The molecule has 0 bridgehead atoms. The molecule has 2 aromatic rings. The molecule has 2 fully saturated rings. The summed E-state index contributed by atoms with van der Waals surface area (Å²) >= 11 is 0. The molecule has 1 atom stereocenters. The summed E-state index contributed by atoms with van der Waals surface area (Å²) in [6.45, 7) is 6.81. The average Bonchev–Trinajstić information content (AvgIpc) is 2.86. The first kappa shape index (κ1) is 17.2. The predicted octanol–water partition coefficient (Wildman–Crippen LogP) is 3.17. The first-order chi connectivity index (χ1) is 13.2. The monoisotopic (exact) mass is 366 g/mol. The Morgan fingerprint density at radius 2 is 1.96 bits per heavy atom. The molecule has 144 valence electrons. The molecule has 0 N–H and O–H groups in total. The number of rotatable bonds is 2. The Morgan fingerprint density at radius 3 is 2.74 bits per heavy atom. The quantitative estimate of drug-likeness (QED) is 0.820. The highest BCUT2D eigenvalue weighted by Crippen LogP contribution is 2.31. The topological polar surface area (TPSA) is 41.4 Å². The minimum absolute atomic E-state index is 0.200. The number of hydrogen-bond donors (Lipinski definition) is 0. The molecule has 1 saturated heterocycles. The Bertz CT molecular complexity index is 853. The lowest BCUT2D eigenvalue weighted by atomic mass is 9.90. The van der Waals surface area contributed by atoms with E-state index in [2.05, 4.69) is 27.7 Å². The maximum atomic E-state index is 11.8. The van der Waals surface area contributed by atoms with Gasteiger partial charge in [-0.2, -0.15) is 0 Å². The number of amides is 1. The van der Waals surface area contributed by atoms with Crippen LogP contribution in [0.15, 0.2) is 18.2 Å². The standard InChI is InChI=1S/C22H30N4O/c1-16(27)25-10-3-4-18(15-25)17-7-8-21-20(14-17)23-22-9-11-24(12-13-26(21)22)19-5-2-6-19/h7-8,14,18-19H,2-6,9-13,15H2,1H3. The molecule has 2 aliphatic heterocycles. The van der Waals surface area contributed by atoms with Crippen LogP contribution in [0.1, 0.15) is 56.3 Å². The van der Waals surface area contributed by atoms with Gasteiger partial charge in [-0.15, -0.1) is 0 Å². The Labute approximate surface area is 161 Å². The normalized spacial score (nSPS) is 24.5. The van der Waals surface area contributed by atoms with E-state index in [0.29, 0.717) is 5.92 Å². The lowest BCUT2D eigenvalue weighted by Crippen LogP contribution is -2.41. The summed E-state index contributed by atoms with van der Waals surface area (Å²) < 4.78 is 2.44. The van der Waals surface area contributed by atoms with E-state index >= 15 is 0 Å². The number of imidazole rings is 1. The van der Waals surface area contributed by atoms with Gasteiger partial charge >= 0.3 is 0 Å². The smallest absolute Gasteiger partial charge is 0.219 e. The van der Waals surface area contributed by atoms with Crippen molar-refractivity contribution in [1.82, 2.24) is 19.4 Å². The number of fused-ring (bicyclic) bond motifs is 3. The molecule has 1 saturated carbocycles.